The van der Waals surface area contributed by atoms with Crippen molar-refractivity contribution in [1.82, 2.24) is 9.80 Å². The Hall–Kier alpha value is -0.650. The van der Waals surface area contributed by atoms with Crippen LogP contribution in [0.15, 0.2) is 0 Å². The third kappa shape index (κ3) is 4.55. The van der Waals surface area contributed by atoms with Crippen molar-refractivity contribution in [2.45, 2.75) is 32.2 Å². The number of carbonyl (C=O) groups is 1. The summed E-state index contributed by atoms with van der Waals surface area (Å²) in [5.74, 6) is 0.255. The summed E-state index contributed by atoms with van der Waals surface area (Å²) < 4.78 is 5.13. The second-order valence-electron chi connectivity index (χ2n) is 4.82. The number of carbonyl (C=O) groups excluding carboxylic acids is 1. The van der Waals surface area contributed by atoms with Gasteiger partial charge < -0.3 is 15.4 Å². The number of hydrogen-bond donors (Lipinski definition) is 1. The van der Waals surface area contributed by atoms with E-state index in [9.17, 15) is 4.79 Å². The highest BCUT2D eigenvalue weighted by Crippen LogP contribution is 2.13. The van der Waals surface area contributed by atoms with E-state index in [1.807, 2.05) is 4.90 Å². The molecule has 18 heavy (non-hydrogen) atoms. The van der Waals surface area contributed by atoms with Gasteiger partial charge in [-0.1, -0.05) is 6.92 Å². The van der Waals surface area contributed by atoms with E-state index in [1.165, 1.54) is 0 Å². The summed E-state index contributed by atoms with van der Waals surface area (Å²) in [5, 5.41) is 0. The van der Waals surface area contributed by atoms with E-state index in [1.54, 1.807) is 7.11 Å². The van der Waals surface area contributed by atoms with Gasteiger partial charge in [-0.05, 0) is 19.4 Å². The SMILES string of the molecule is CCC1CN(C(=O)CCCN)CCN1CCOC. The predicted octanol–water partition coefficient (Wildman–Crippen LogP) is 0.295. The van der Waals surface area contributed by atoms with Crippen LogP contribution in [0.1, 0.15) is 26.2 Å². The fraction of sp³-hybridized carbons (Fsp3) is 0.923. The molecule has 1 aliphatic rings. The average molecular weight is 257 g/mol. The second-order valence-corrected chi connectivity index (χ2v) is 4.82. The molecule has 1 atom stereocenters. The molecule has 1 amide bonds. The Bertz CT molecular complexity index is 248. The van der Waals surface area contributed by atoms with Crippen molar-refractivity contribution in [3.05, 3.63) is 0 Å². The number of rotatable bonds is 7. The van der Waals surface area contributed by atoms with Gasteiger partial charge in [-0.2, -0.15) is 0 Å². The lowest BCUT2D eigenvalue weighted by Crippen LogP contribution is -2.55. The zero-order chi connectivity index (χ0) is 13.4. The second kappa shape index (κ2) is 8.45. The molecule has 1 saturated heterocycles. The van der Waals surface area contributed by atoms with Crippen molar-refractivity contribution in [1.29, 1.82) is 0 Å². The monoisotopic (exact) mass is 257 g/mol. The lowest BCUT2D eigenvalue weighted by atomic mass is 10.1. The predicted molar refractivity (Wildman–Crippen MR) is 72.4 cm³/mol. The molecule has 0 spiro atoms. The summed E-state index contributed by atoms with van der Waals surface area (Å²) >= 11 is 0. The summed E-state index contributed by atoms with van der Waals surface area (Å²) in [6, 6.07) is 0.468. The molecule has 0 aromatic heterocycles. The quantitative estimate of drug-likeness (QED) is 0.712. The van der Waals surface area contributed by atoms with Gasteiger partial charge in [0.25, 0.3) is 0 Å². The fourth-order valence-corrected chi connectivity index (χ4v) is 2.42. The fourth-order valence-electron chi connectivity index (χ4n) is 2.42. The maximum absolute atomic E-state index is 12.0. The highest BCUT2D eigenvalue weighted by atomic mass is 16.5. The molecule has 1 rings (SSSR count). The van der Waals surface area contributed by atoms with Crippen LogP contribution in [-0.2, 0) is 9.53 Å². The van der Waals surface area contributed by atoms with Crippen LogP contribution in [0.25, 0.3) is 0 Å². The summed E-state index contributed by atoms with van der Waals surface area (Å²) in [5.41, 5.74) is 5.44. The van der Waals surface area contributed by atoms with E-state index in [0.717, 1.165) is 45.6 Å². The molecule has 0 radical (unpaired) electrons. The number of piperazine rings is 1. The van der Waals surface area contributed by atoms with Crippen LogP contribution in [0.2, 0.25) is 0 Å². The first-order chi connectivity index (χ1) is 8.72. The van der Waals surface area contributed by atoms with Crippen LogP contribution in [-0.4, -0.2) is 68.2 Å². The molecule has 0 aromatic carbocycles. The van der Waals surface area contributed by atoms with Gasteiger partial charge in [0.05, 0.1) is 6.61 Å². The Kier molecular flexibility index (Phi) is 7.23. The first-order valence-electron chi connectivity index (χ1n) is 6.93. The average Bonchev–Trinajstić information content (AvgIpc) is 2.42. The van der Waals surface area contributed by atoms with E-state index in [-0.39, 0.29) is 5.91 Å². The first kappa shape index (κ1) is 15.4. The van der Waals surface area contributed by atoms with Gasteiger partial charge in [-0.15, -0.1) is 0 Å². The number of ether oxygens (including phenoxy) is 1. The topological polar surface area (TPSA) is 58.8 Å². The number of amides is 1. The zero-order valence-corrected chi connectivity index (χ0v) is 11.7. The number of hydrogen-bond acceptors (Lipinski definition) is 4. The van der Waals surface area contributed by atoms with Crippen LogP contribution < -0.4 is 5.73 Å². The molecule has 5 nitrogen and oxygen atoms in total. The lowest BCUT2D eigenvalue weighted by Gasteiger charge is -2.41. The standard InChI is InChI=1S/C13H27N3O2/c1-3-12-11-16(13(17)5-4-6-14)8-7-15(12)9-10-18-2/h12H,3-11,14H2,1-2H3. The number of methoxy groups -OCH3 is 1. The van der Waals surface area contributed by atoms with E-state index < -0.39 is 0 Å². The summed E-state index contributed by atoms with van der Waals surface area (Å²) in [6.45, 7) is 7.13. The van der Waals surface area contributed by atoms with Crippen LogP contribution >= 0.6 is 0 Å². The van der Waals surface area contributed by atoms with Crippen LogP contribution in [0, 0.1) is 0 Å². The molecule has 0 aliphatic carbocycles. The van der Waals surface area contributed by atoms with Crippen LogP contribution in [0.4, 0.5) is 0 Å². The lowest BCUT2D eigenvalue weighted by molar-refractivity contribution is -0.134. The van der Waals surface area contributed by atoms with Crippen molar-refractivity contribution in [3.63, 3.8) is 0 Å². The Morgan fingerprint density at radius 1 is 1.44 bits per heavy atom. The Morgan fingerprint density at radius 3 is 2.83 bits per heavy atom. The molecule has 1 aliphatic heterocycles. The smallest absolute Gasteiger partial charge is 0.222 e. The van der Waals surface area contributed by atoms with Gasteiger partial charge in [-0.3, -0.25) is 9.69 Å². The molecule has 1 heterocycles. The molecule has 0 saturated carbocycles. The van der Waals surface area contributed by atoms with Gasteiger partial charge in [0.15, 0.2) is 0 Å². The molecule has 5 heteroatoms. The summed E-state index contributed by atoms with van der Waals surface area (Å²) in [4.78, 5) is 16.4. The van der Waals surface area contributed by atoms with E-state index >= 15 is 0 Å². The highest BCUT2D eigenvalue weighted by molar-refractivity contribution is 5.76. The maximum atomic E-state index is 12.0. The van der Waals surface area contributed by atoms with E-state index in [0.29, 0.717) is 19.0 Å². The largest absolute Gasteiger partial charge is 0.383 e. The first-order valence-corrected chi connectivity index (χ1v) is 6.93. The molecule has 1 fully saturated rings. The van der Waals surface area contributed by atoms with Gasteiger partial charge in [-0.25, -0.2) is 0 Å². The minimum absolute atomic E-state index is 0.255. The third-order valence-electron chi connectivity index (χ3n) is 3.61. The van der Waals surface area contributed by atoms with Gasteiger partial charge in [0, 0.05) is 45.8 Å². The Labute approximate surface area is 110 Å². The number of nitrogens with two attached hydrogens (primary N) is 1. The third-order valence-corrected chi connectivity index (χ3v) is 3.61. The van der Waals surface area contributed by atoms with E-state index in [4.69, 9.17) is 10.5 Å². The summed E-state index contributed by atoms with van der Waals surface area (Å²) in [7, 11) is 1.73. The van der Waals surface area contributed by atoms with Crippen LogP contribution in [0.3, 0.4) is 0 Å². The molecule has 2 N–H and O–H groups in total. The zero-order valence-electron chi connectivity index (χ0n) is 11.7. The van der Waals surface area contributed by atoms with Crippen molar-refractivity contribution in [3.8, 4) is 0 Å². The Morgan fingerprint density at radius 2 is 2.22 bits per heavy atom. The van der Waals surface area contributed by atoms with Crippen molar-refractivity contribution < 1.29 is 9.53 Å². The van der Waals surface area contributed by atoms with Gasteiger partial charge in [0.1, 0.15) is 0 Å². The summed E-state index contributed by atoms with van der Waals surface area (Å²) in [6.07, 6.45) is 2.45. The maximum Gasteiger partial charge on any atom is 0.222 e. The minimum Gasteiger partial charge on any atom is -0.383 e. The molecule has 1 unspecified atom stereocenters. The van der Waals surface area contributed by atoms with Gasteiger partial charge >= 0.3 is 0 Å². The van der Waals surface area contributed by atoms with Crippen molar-refractivity contribution in [2.24, 2.45) is 5.73 Å². The highest BCUT2D eigenvalue weighted by Gasteiger charge is 2.27. The van der Waals surface area contributed by atoms with Gasteiger partial charge in [0.2, 0.25) is 5.91 Å². The molecule has 106 valence electrons. The molecular weight excluding hydrogens is 230 g/mol. The normalized spacial score (nSPS) is 21.3. The van der Waals surface area contributed by atoms with Crippen molar-refractivity contribution >= 4 is 5.91 Å². The van der Waals surface area contributed by atoms with E-state index in [2.05, 4.69) is 11.8 Å². The van der Waals surface area contributed by atoms with Crippen LogP contribution in [0.5, 0.6) is 0 Å². The number of nitrogens with zero attached hydrogens (tertiary/aromatic N) is 2. The van der Waals surface area contributed by atoms with Crippen molar-refractivity contribution in [2.75, 3.05) is 46.4 Å². The molecule has 0 bridgehead atoms. The molecular formula is C13H27N3O2. The molecule has 0 aromatic rings. The Balaban J connectivity index is 2.42. The minimum atomic E-state index is 0.255.